The van der Waals surface area contributed by atoms with Gasteiger partial charge in [0.1, 0.15) is 54.6 Å². The molecule has 13 atom stereocenters. The standard InChI is InChI=1S/C50H79N11O21/c1-23(2)16-26(39(69)55-27(21-62)48(78)79)54-44(74)38(50(6,7)81)56-31(64)20-53-43(73)37(49(4,5)80)58-45(75)46(76)59-40(70)28(17-25-14-12-11-13-15-25)61(9)47(77)36(68)35(67)30(82-10)19-52-41(71)32(57-42(72)33(65)24(3)63)34(66)29-18-51-22-60(29)8/h11-15,18,22-24,26-28,30,32-38,46,62-63,65-68,76,80-81H,16-17,19-21H2,1-10H3,(H,52,71)(H,53,73)(H,54,74)(H,55,69)(H,56,64)(H,57,72)(H,58,75)(H,59,70)(H,78,79)/t24-,26-,27-,28-,30-,32+,33+,34+,35-,36-,37+,38+,46+/m0/s1. The normalized spacial score (nSPS) is 16.5. The number of nitrogens with zero attached hydrogens (tertiary/aromatic N) is 3. The predicted molar refractivity (Wildman–Crippen MR) is 282 cm³/mol. The maximum absolute atomic E-state index is 14.0. The summed E-state index contributed by atoms with van der Waals surface area (Å²) >= 11 is 0. The van der Waals surface area contributed by atoms with Crippen LogP contribution in [-0.4, -0.2) is 243 Å². The van der Waals surface area contributed by atoms with E-state index in [0.29, 0.717) is 10.5 Å². The molecule has 0 radical (unpaired) electrons. The van der Waals surface area contributed by atoms with Crippen molar-refractivity contribution >= 4 is 59.1 Å². The Morgan fingerprint density at radius 3 is 1.77 bits per heavy atom. The lowest BCUT2D eigenvalue weighted by atomic mass is 9.96. The maximum atomic E-state index is 14.0. The SMILES string of the molecule is CO[C@@H](CNC(=O)[C@H](NC(=O)[C@H](O)[C@H](C)O)[C@H](O)c1cncn1C)[C@H](O)[C@H](O)C(=O)N(C)[C@@H](Cc1ccccc1)C(=O)N[C@H](O)C(=O)N[C@H](C(=O)NCC(=O)N[C@H](C(=O)N[C@@H](CC(C)C)C(=O)N[C@@H](CO)C(=O)O)C(C)(C)O)C(C)(C)O. The molecule has 1 heterocycles. The van der Waals surface area contributed by atoms with Crippen LogP contribution in [0.4, 0.5) is 0 Å². The highest BCUT2D eigenvalue weighted by Crippen LogP contribution is 2.19. The highest BCUT2D eigenvalue weighted by Gasteiger charge is 2.42. The number of hydrogen-bond donors (Lipinski definition) is 18. The number of amides is 9. The van der Waals surface area contributed by atoms with Crippen molar-refractivity contribution in [1.82, 2.24) is 57.0 Å². The molecular weight excluding hydrogens is 1090 g/mol. The summed E-state index contributed by atoms with van der Waals surface area (Å²) in [4.78, 5) is 136. The van der Waals surface area contributed by atoms with Gasteiger partial charge in [-0.1, -0.05) is 44.2 Å². The molecule has 1 aromatic carbocycles. The van der Waals surface area contributed by atoms with Gasteiger partial charge in [-0.2, -0.15) is 0 Å². The quantitative estimate of drug-likeness (QED) is 0.0295. The third kappa shape index (κ3) is 21.2. The first-order chi connectivity index (χ1) is 38.0. The first-order valence-electron chi connectivity index (χ1n) is 25.5. The van der Waals surface area contributed by atoms with E-state index in [9.17, 15) is 99.0 Å². The second kappa shape index (κ2) is 31.8. The molecule has 0 bridgehead atoms. The molecule has 9 amide bonds. The topological polar surface area (TPSA) is 500 Å². The number of carbonyl (C=O) groups excluding carboxylic acids is 9. The molecule has 0 saturated heterocycles. The predicted octanol–water partition coefficient (Wildman–Crippen LogP) is -8.24. The highest BCUT2D eigenvalue weighted by atomic mass is 16.5. The number of hydrogen-bond acceptors (Lipinski definition) is 21. The monoisotopic (exact) mass is 1170 g/mol. The van der Waals surface area contributed by atoms with Crippen molar-refractivity contribution < 1.29 is 104 Å². The second-order valence-electron chi connectivity index (χ2n) is 20.8. The fraction of sp³-hybridized carbons (Fsp3) is 0.620. The minimum absolute atomic E-state index is 0.0224. The summed E-state index contributed by atoms with van der Waals surface area (Å²) in [6.07, 6.45) is -12.2. The summed E-state index contributed by atoms with van der Waals surface area (Å²) in [5.74, 6) is -12.8. The van der Waals surface area contributed by atoms with Crippen LogP contribution in [0.1, 0.15) is 72.2 Å². The zero-order valence-electron chi connectivity index (χ0n) is 47.0. The number of carboxylic acids is 1. The molecule has 2 rings (SSSR count). The van der Waals surface area contributed by atoms with Crippen LogP contribution in [0.3, 0.4) is 0 Å². The van der Waals surface area contributed by atoms with E-state index in [1.807, 2.05) is 10.6 Å². The lowest BCUT2D eigenvalue weighted by Crippen LogP contribution is -2.64. The number of aliphatic carboxylic acids is 1. The minimum Gasteiger partial charge on any atom is -0.480 e. The van der Waals surface area contributed by atoms with Crippen molar-refractivity contribution in [3.05, 3.63) is 54.1 Å². The smallest absolute Gasteiger partial charge is 0.328 e. The number of imidazole rings is 1. The molecule has 0 aliphatic heterocycles. The van der Waals surface area contributed by atoms with Gasteiger partial charge in [0.05, 0.1) is 48.7 Å². The van der Waals surface area contributed by atoms with Crippen molar-refractivity contribution in [3.8, 4) is 0 Å². The number of aromatic nitrogens is 2. The number of carbonyl (C=O) groups is 10. The van der Waals surface area contributed by atoms with Crippen LogP contribution in [0, 0.1) is 5.92 Å². The molecule has 18 N–H and O–H groups in total. The van der Waals surface area contributed by atoms with Crippen LogP contribution in [-0.2, 0) is 66.2 Å². The Balaban J connectivity index is 2.27. The first-order valence-corrected chi connectivity index (χ1v) is 25.5. The van der Waals surface area contributed by atoms with Crippen molar-refractivity contribution in [3.63, 3.8) is 0 Å². The fourth-order valence-electron chi connectivity index (χ4n) is 7.72. The Morgan fingerprint density at radius 2 is 1.27 bits per heavy atom. The van der Waals surface area contributed by atoms with Crippen LogP contribution < -0.4 is 42.5 Å². The Hall–Kier alpha value is -7.27. The zero-order chi connectivity index (χ0) is 62.7. The van der Waals surface area contributed by atoms with Gasteiger partial charge in [0.15, 0.2) is 12.2 Å². The molecule has 0 unspecified atom stereocenters. The molecule has 0 aliphatic rings. The summed E-state index contributed by atoms with van der Waals surface area (Å²) in [6.45, 7) is 6.13. The highest BCUT2D eigenvalue weighted by molar-refractivity contribution is 5.97. The Morgan fingerprint density at radius 1 is 0.695 bits per heavy atom. The average molecular weight is 1170 g/mol. The maximum Gasteiger partial charge on any atom is 0.328 e. The molecule has 2 aromatic rings. The van der Waals surface area contributed by atoms with Gasteiger partial charge in [-0.05, 0) is 52.5 Å². The molecule has 0 saturated carbocycles. The van der Waals surface area contributed by atoms with E-state index in [4.69, 9.17) is 4.74 Å². The summed E-state index contributed by atoms with van der Waals surface area (Å²) < 4.78 is 6.57. The van der Waals surface area contributed by atoms with Gasteiger partial charge in [0.2, 0.25) is 41.7 Å². The van der Waals surface area contributed by atoms with Crippen LogP contribution in [0.2, 0.25) is 0 Å². The molecule has 32 nitrogen and oxygen atoms in total. The summed E-state index contributed by atoms with van der Waals surface area (Å²) in [6, 6.07) is -2.67. The second-order valence-corrected chi connectivity index (χ2v) is 20.8. The number of methoxy groups -OCH3 is 1. The zero-order valence-corrected chi connectivity index (χ0v) is 47.0. The molecule has 0 fully saturated rings. The van der Waals surface area contributed by atoms with E-state index in [2.05, 4.69) is 36.9 Å². The van der Waals surface area contributed by atoms with Crippen LogP contribution >= 0.6 is 0 Å². The van der Waals surface area contributed by atoms with E-state index in [-0.39, 0.29) is 24.5 Å². The Labute approximate surface area is 471 Å². The largest absolute Gasteiger partial charge is 0.480 e. The number of aliphatic hydroxyl groups is 9. The van der Waals surface area contributed by atoms with E-state index in [1.54, 1.807) is 44.2 Å². The Bertz CT molecular complexity index is 2500. The number of carboxylic acid groups (broad SMARTS) is 1. The van der Waals surface area contributed by atoms with Crippen LogP contribution in [0.25, 0.3) is 0 Å². The van der Waals surface area contributed by atoms with Crippen molar-refractivity contribution in [2.45, 2.75) is 152 Å². The number of aryl methyl sites for hydroxylation is 1. The van der Waals surface area contributed by atoms with Crippen molar-refractivity contribution in [2.24, 2.45) is 13.0 Å². The van der Waals surface area contributed by atoms with Gasteiger partial charge in [-0.3, -0.25) is 43.2 Å². The van der Waals surface area contributed by atoms with Gasteiger partial charge in [0, 0.05) is 34.2 Å². The number of rotatable bonds is 33. The number of ether oxygens (including phenoxy) is 1. The lowest BCUT2D eigenvalue weighted by molar-refractivity contribution is -0.157. The third-order valence-corrected chi connectivity index (χ3v) is 12.5. The Kier molecular flexibility index (Phi) is 27.5. The molecule has 1 aromatic heterocycles. The first kappa shape index (κ1) is 70.8. The van der Waals surface area contributed by atoms with E-state index < -0.39 is 169 Å². The molecule has 0 aliphatic carbocycles. The lowest BCUT2D eigenvalue weighted by Gasteiger charge is -2.33. The van der Waals surface area contributed by atoms with Gasteiger partial charge in [0.25, 0.3) is 17.7 Å². The number of aliphatic hydroxyl groups excluding tert-OH is 7. The molecule has 82 heavy (non-hydrogen) atoms. The van der Waals surface area contributed by atoms with E-state index >= 15 is 0 Å². The van der Waals surface area contributed by atoms with Gasteiger partial charge < -0.3 is 108 Å². The minimum atomic E-state index is -2.54. The van der Waals surface area contributed by atoms with Gasteiger partial charge in [-0.25, -0.2) is 9.78 Å². The molecule has 0 spiro atoms. The number of benzene rings is 1. The fourth-order valence-corrected chi connectivity index (χ4v) is 7.72. The van der Waals surface area contributed by atoms with E-state index in [0.717, 1.165) is 48.8 Å². The third-order valence-electron chi connectivity index (χ3n) is 12.5. The summed E-state index contributed by atoms with van der Waals surface area (Å²) in [5.41, 5.74) is -3.81. The molecule has 460 valence electrons. The summed E-state index contributed by atoms with van der Waals surface area (Å²) in [7, 11) is 3.52. The van der Waals surface area contributed by atoms with Crippen molar-refractivity contribution in [2.75, 3.05) is 33.9 Å². The van der Waals surface area contributed by atoms with Crippen LogP contribution in [0.15, 0.2) is 42.9 Å². The number of likely N-dealkylation sites (N-methyl/N-ethyl adjacent to an activating group) is 1. The van der Waals surface area contributed by atoms with Crippen molar-refractivity contribution in [1.29, 1.82) is 0 Å². The summed E-state index contributed by atoms with van der Waals surface area (Å²) in [5, 5.41) is 122. The van der Waals surface area contributed by atoms with Crippen LogP contribution in [0.5, 0.6) is 0 Å². The molecular formula is C50H79N11O21. The van der Waals surface area contributed by atoms with E-state index in [1.165, 1.54) is 24.1 Å². The molecule has 32 heteroatoms. The van der Waals surface area contributed by atoms with Gasteiger partial charge in [-0.15, -0.1) is 0 Å². The average Bonchev–Trinajstić information content (AvgIpc) is 3.86. The number of nitrogens with one attached hydrogen (secondary N) is 8. The van der Waals surface area contributed by atoms with Gasteiger partial charge >= 0.3 is 5.97 Å².